The third-order valence-corrected chi connectivity index (χ3v) is 4.25. The van der Waals surface area contributed by atoms with Gasteiger partial charge in [-0.3, -0.25) is 5.43 Å². The van der Waals surface area contributed by atoms with Gasteiger partial charge in [0.15, 0.2) is 0 Å². The predicted octanol–water partition coefficient (Wildman–Crippen LogP) is 3.77. The van der Waals surface area contributed by atoms with Crippen molar-refractivity contribution in [2.75, 3.05) is 19.1 Å². The number of anilines is 1. The molecule has 1 aromatic heterocycles. The molecule has 25 heavy (non-hydrogen) atoms. The molecule has 0 saturated heterocycles. The summed E-state index contributed by atoms with van der Waals surface area (Å²) in [7, 11) is 1.57. The van der Waals surface area contributed by atoms with Crippen LogP contribution in [0.2, 0.25) is 0 Å². The highest BCUT2D eigenvalue weighted by atomic mass is 32.1. The number of nitrogens with one attached hydrogen (secondary N) is 1. The molecule has 0 fully saturated rings. The summed E-state index contributed by atoms with van der Waals surface area (Å²) in [5.41, 5.74) is 5.55. The lowest BCUT2D eigenvalue weighted by atomic mass is 10.1. The second-order valence-electron chi connectivity index (χ2n) is 5.07. The van der Waals surface area contributed by atoms with Crippen molar-refractivity contribution in [2.24, 2.45) is 5.10 Å². The average molecular weight is 357 g/mol. The van der Waals surface area contributed by atoms with Crippen LogP contribution in [0.4, 0.5) is 9.52 Å². The number of hydrogen-bond donors (Lipinski definition) is 2. The minimum atomic E-state index is -0.286. The van der Waals surface area contributed by atoms with Crippen LogP contribution >= 0.6 is 11.3 Å². The van der Waals surface area contributed by atoms with E-state index in [-0.39, 0.29) is 12.4 Å². The lowest BCUT2D eigenvalue weighted by molar-refractivity contribution is 0.356. The largest absolute Gasteiger partial charge is 0.496 e. The number of aromatic nitrogens is 1. The molecular formula is C18H16FN3O2S. The van der Waals surface area contributed by atoms with Gasteiger partial charge in [-0.25, -0.2) is 9.37 Å². The van der Waals surface area contributed by atoms with E-state index in [1.54, 1.807) is 25.3 Å². The summed E-state index contributed by atoms with van der Waals surface area (Å²) < 4.78 is 18.3. The lowest BCUT2D eigenvalue weighted by Gasteiger charge is -2.09. The highest BCUT2D eigenvalue weighted by molar-refractivity contribution is 7.14. The van der Waals surface area contributed by atoms with Gasteiger partial charge in [0.05, 0.1) is 25.1 Å². The van der Waals surface area contributed by atoms with Gasteiger partial charge in [-0.2, -0.15) is 5.10 Å². The molecule has 0 saturated carbocycles. The van der Waals surface area contributed by atoms with Crippen molar-refractivity contribution in [3.8, 4) is 17.0 Å². The summed E-state index contributed by atoms with van der Waals surface area (Å²) in [5.74, 6) is 0.342. The molecule has 0 amide bonds. The summed E-state index contributed by atoms with van der Waals surface area (Å²) in [6, 6.07) is 13.4. The topological polar surface area (TPSA) is 66.7 Å². The maximum absolute atomic E-state index is 13.0. The van der Waals surface area contributed by atoms with Crippen LogP contribution < -0.4 is 10.2 Å². The zero-order valence-electron chi connectivity index (χ0n) is 13.4. The second-order valence-corrected chi connectivity index (χ2v) is 5.93. The summed E-state index contributed by atoms with van der Waals surface area (Å²) >= 11 is 1.37. The van der Waals surface area contributed by atoms with Gasteiger partial charge >= 0.3 is 0 Å². The van der Waals surface area contributed by atoms with Gasteiger partial charge in [0, 0.05) is 16.5 Å². The number of hydrogen-bond acceptors (Lipinski definition) is 6. The SMILES string of the molecule is COc1ccccc1/C(CO)=N/Nc1nc(-c2ccc(F)cc2)cs1. The van der Waals surface area contributed by atoms with Crippen LogP contribution in [0.5, 0.6) is 5.75 Å². The fraction of sp³-hybridized carbons (Fsp3) is 0.111. The van der Waals surface area contributed by atoms with Crippen LogP contribution in [0.3, 0.4) is 0 Å². The first-order valence-corrected chi connectivity index (χ1v) is 8.37. The van der Waals surface area contributed by atoms with Crippen molar-refractivity contribution in [2.45, 2.75) is 0 Å². The van der Waals surface area contributed by atoms with E-state index in [9.17, 15) is 9.50 Å². The summed E-state index contributed by atoms with van der Waals surface area (Å²) in [6.45, 7) is -0.246. The van der Waals surface area contributed by atoms with Crippen LogP contribution in [0.15, 0.2) is 59.0 Å². The molecule has 1 heterocycles. The Kier molecular flexibility index (Phi) is 5.37. The molecule has 0 unspecified atom stereocenters. The van der Waals surface area contributed by atoms with Gasteiger partial charge < -0.3 is 9.84 Å². The molecule has 7 heteroatoms. The molecule has 128 valence electrons. The van der Waals surface area contributed by atoms with E-state index in [1.165, 1.54) is 23.5 Å². The van der Waals surface area contributed by atoms with Gasteiger partial charge in [-0.1, -0.05) is 12.1 Å². The first-order valence-electron chi connectivity index (χ1n) is 7.49. The highest BCUT2D eigenvalue weighted by Crippen LogP contribution is 2.25. The van der Waals surface area contributed by atoms with Crippen molar-refractivity contribution in [3.05, 3.63) is 65.3 Å². The number of aliphatic hydroxyl groups is 1. The first kappa shape index (κ1) is 17.1. The van der Waals surface area contributed by atoms with Gasteiger partial charge in [-0.05, 0) is 36.4 Å². The number of aliphatic hydroxyl groups excluding tert-OH is 1. The van der Waals surface area contributed by atoms with Crippen molar-refractivity contribution in [3.63, 3.8) is 0 Å². The van der Waals surface area contributed by atoms with Crippen LogP contribution in [-0.4, -0.2) is 29.5 Å². The Morgan fingerprint density at radius 1 is 1.24 bits per heavy atom. The minimum absolute atomic E-state index is 0.246. The third-order valence-electron chi connectivity index (χ3n) is 3.50. The van der Waals surface area contributed by atoms with Crippen LogP contribution in [-0.2, 0) is 0 Å². The van der Waals surface area contributed by atoms with Gasteiger partial charge in [0.1, 0.15) is 11.6 Å². The number of benzene rings is 2. The third kappa shape index (κ3) is 4.01. The summed E-state index contributed by atoms with van der Waals surface area (Å²) in [4.78, 5) is 4.42. The van der Waals surface area contributed by atoms with Crippen molar-refractivity contribution in [1.29, 1.82) is 0 Å². The first-order chi connectivity index (χ1) is 12.2. The van der Waals surface area contributed by atoms with Crippen LogP contribution in [0, 0.1) is 5.82 Å². The van der Waals surface area contributed by atoms with E-state index in [4.69, 9.17) is 4.74 Å². The molecule has 2 N–H and O–H groups in total. The normalized spacial score (nSPS) is 11.4. The number of methoxy groups -OCH3 is 1. The number of hydrazone groups is 1. The van der Waals surface area contributed by atoms with E-state index in [2.05, 4.69) is 15.5 Å². The molecule has 5 nitrogen and oxygen atoms in total. The quantitative estimate of drug-likeness (QED) is 0.521. The average Bonchev–Trinajstić information content (AvgIpc) is 3.12. The Hall–Kier alpha value is -2.77. The number of rotatable bonds is 6. The maximum atomic E-state index is 13.0. The second kappa shape index (κ2) is 7.87. The van der Waals surface area contributed by atoms with E-state index in [1.807, 2.05) is 23.6 Å². The zero-order valence-corrected chi connectivity index (χ0v) is 14.3. The molecule has 0 aliphatic heterocycles. The zero-order chi connectivity index (χ0) is 17.6. The van der Waals surface area contributed by atoms with Gasteiger partial charge in [-0.15, -0.1) is 11.3 Å². The van der Waals surface area contributed by atoms with E-state index < -0.39 is 0 Å². The standard InChI is InChI=1S/C18H16FN3O2S/c1-24-17-5-3-2-4-14(17)15(10-23)21-22-18-20-16(11-25-18)12-6-8-13(19)9-7-12/h2-9,11,23H,10H2,1H3,(H,20,22)/b21-15+. The lowest BCUT2D eigenvalue weighted by Crippen LogP contribution is -2.10. The Morgan fingerprint density at radius 2 is 2.00 bits per heavy atom. The molecule has 0 bridgehead atoms. The van der Waals surface area contributed by atoms with Crippen LogP contribution in [0.25, 0.3) is 11.3 Å². The molecule has 0 radical (unpaired) electrons. The Balaban J connectivity index is 1.80. The Morgan fingerprint density at radius 3 is 2.72 bits per heavy atom. The number of ether oxygens (including phenoxy) is 1. The fourth-order valence-electron chi connectivity index (χ4n) is 2.26. The number of para-hydroxylation sites is 1. The van der Waals surface area contributed by atoms with E-state index >= 15 is 0 Å². The number of thiazole rings is 1. The Labute approximate surface area is 148 Å². The van der Waals surface area contributed by atoms with E-state index in [0.717, 1.165) is 11.3 Å². The highest BCUT2D eigenvalue weighted by Gasteiger charge is 2.10. The Bertz CT molecular complexity index is 878. The van der Waals surface area contributed by atoms with Crippen molar-refractivity contribution >= 4 is 22.2 Å². The van der Waals surface area contributed by atoms with Crippen LogP contribution in [0.1, 0.15) is 5.56 Å². The number of halogens is 1. The van der Waals surface area contributed by atoms with Gasteiger partial charge in [0.2, 0.25) is 5.13 Å². The van der Waals surface area contributed by atoms with Gasteiger partial charge in [0.25, 0.3) is 0 Å². The molecule has 0 aliphatic rings. The number of nitrogens with zero attached hydrogens (tertiary/aromatic N) is 2. The molecular weight excluding hydrogens is 341 g/mol. The molecule has 0 spiro atoms. The predicted molar refractivity (Wildman–Crippen MR) is 97.7 cm³/mol. The molecule has 2 aromatic carbocycles. The van der Waals surface area contributed by atoms with Crippen molar-refractivity contribution in [1.82, 2.24) is 4.98 Å². The minimum Gasteiger partial charge on any atom is -0.496 e. The monoisotopic (exact) mass is 357 g/mol. The van der Waals surface area contributed by atoms with Crippen molar-refractivity contribution < 1.29 is 14.2 Å². The molecule has 0 aliphatic carbocycles. The summed E-state index contributed by atoms with van der Waals surface area (Å²) in [6.07, 6.45) is 0. The molecule has 0 atom stereocenters. The summed E-state index contributed by atoms with van der Waals surface area (Å²) in [5, 5.41) is 16.3. The molecule has 3 aromatic rings. The maximum Gasteiger partial charge on any atom is 0.203 e. The van der Waals surface area contributed by atoms with E-state index in [0.29, 0.717) is 22.2 Å². The fourth-order valence-corrected chi connectivity index (χ4v) is 2.92. The smallest absolute Gasteiger partial charge is 0.203 e. The molecule has 3 rings (SSSR count).